The molecule has 1 atom stereocenters. The van der Waals surface area contributed by atoms with Gasteiger partial charge in [-0.15, -0.1) is 0 Å². The van der Waals surface area contributed by atoms with Crippen LogP contribution in [0.1, 0.15) is 32.6 Å². The highest BCUT2D eigenvalue weighted by Crippen LogP contribution is 2.24. The Morgan fingerprint density at radius 1 is 1.47 bits per heavy atom. The maximum Gasteiger partial charge on any atom is 0.325 e. The SMILES string of the molecule is CC(NC(=O)N(CCCO)C1CCC1)C(=O)O. The van der Waals surface area contributed by atoms with E-state index in [2.05, 4.69) is 5.32 Å². The number of aliphatic hydroxyl groups excluding tert-OH is 1. The number of carboxylic acids is 1. The second kappa shape index (κ2) is 6.44. The monoisotopic (exact) mass is 244 g/mol. The van der Waals surface area contributed by atoms with Crippen LogP contribution in [0.25, 0.3) is 0 Å². The molecule has 1 rings (SSSR count). The molecule has 0 bridgehead atoms. The Hall–Kier alpha value is -1.30. The van der Waals surface area contributed by atoms with Gasteiger partial charge in [0.25, 0.3) is 0 Å². The number of hydrogen-bond acceptors (Lipinski definition) is 3. The number of urea groups is 1. The molecule has 98 valence electrons. The Morgan fingerprint density at radius 3 is 2.53 bits per heavy atom. The highest BCUT2D eigenvalue weighted by molar-refractivity contribution is 5.82. The molecule has 0 spiro atoms. The maximum atomic E-state index is 11.9. The predicted octanol–water partition coefficient (Wildman–Crippen LogP) is 0.406. The smallest absolute Gasteiger partial charge is 0.325 e. The van der Waals surface area contributed by atoms with Crippen LogP contribution in [0.15, 0.2) is 0 Å². The van der Waals surface area contributed by atoms with Crippen molar-refractivity contribution < 1.29 is 19.8 Å². The summed E-state index contributed by atoms with van der Waals surface area (Å²) in [5, 5.41) is 20.0. The second-order valence-corrected chi connectivity index (χ2v) is 4.36. The van der Waals surface area contributed by atoms with Crippen LogP contribution in [0.2, 0.25) is 0 Å². The Kier molecular flexibility index (Phi) is 5.21. The molecule has 1 fully saturated rings. The van der Waals surface area contributed by atoms with Gasteiger partial charge in [-0.25, -0.2) is 4.79 Å². The molecular weight excluding hydrogens is 224 g/mol. The van der Waals surface area contributed by atoms with Crippen LogP contribution in [0.5, 0.6) is 0 Å². The van der Waals surface area contributed by atoms with E-state index in [1.165, 1.54) is 6.92 Å². The van der Waals surface area contributed by atoms with Gasteiger partial charge in [0.15, 0.2) is 0 Å². The number of hydrogen-bond donors (Lipinski definition) is 3. The van der Waals surface area contributed by atoms with E-state index in [-0.39, 0.29) is 18.7 Å². The van der Waals surface area contributed by atoms with Crippen molar-refractivity contribution in [2.45, 2.75) is 44.7 Å². The van der Waals surface area contributed by atoms with E-state index in [1.807, 2.05) is 0 Å². The molecule has 2 amide bonds. The first-order valence-corrected chi connectivity index (χ1v) is 5.97. The maximum absolute atomic E-state index is 11.9. The summed E-state index contributed by atoms with van der Waals surface area (Å²) in [5.74, 6) is -1.05. The summed E-state index contributed by atoms with van der Waals surface area (Å²) in [6, 6.07) is -1.04. The molecule has 6 heteroatoms. The molecule has 0 radical (unpaired) electrons. The summed E-state index contributed by atoms with van der Waals surface area (Å²) < 4.78 is 0. The highest BCUT2D eigenvalue weighted by Gasteiger charge is 2.29. The van der Waals surface area contributed by atoms with Gasteiger partial charge in [0.05, 0.1) is 0 Å². The molecule has 17 heavy (non-hydrogen) atoms. The lowest BCUT2D eigenvalue weighted by Gasteiger charge is -2.37. The minimum Gasteiger partial charge on any atom is -0.480 e. The van der Waals surface area contributed by atoms with Gasteiger partial charge in [0.2, 0.25) is 0 Å². The average Bonchev–Trinajstić information content (AvgIpc) is 2.20. The summed E-state index contributed by atoms with van der Waals surface area (Å²) >= 11 is 0. The number of nitrogens with one attached hydrogen (secondary N) is 1. The van der Waals surface area contributed by atoms with Crippen LogP contribution in [0.3, 0.4) is 0 Å². The van der Waals surface area contributed by atoms with Crippen molar-refractivity contribution in [3.63, 3.8) is 0 Å². The molecule has 0 aliphatic heterocycles. The second-order valence-electron chi connectivity index (χ2n) is 4.36. The topological polar surface area (TPSA) is 89.9 Å². The zero-order valence-electron chi connectivity index (χ0n) is 10.1. The van der Waals surface area contributed by atoms with Crippen molar-refractivity contribution >= 4 is 12.0 Å². The van der Waals surface area contributed by atoms with Gasteiger partial charge in [-0.2, -0.15) is 0 Å². The minimum atomic E-state index is -1.05. The van der Waals surface area contributed by atoms with Crippen molar-refractivity contribution in [1.29, 1.82) is 0 Å². The number of nitrogens with zero attached hydrogens (tertiary/aromatic N) is 1. The van der Waals surface area contributed by atoms with Crippen LogP contribution >= 0.6 is 0 Å². The molecule has 1 aliphatic carbocycles. The van der Waals surface area contributed by atoms with Gasteiger partial charge in [-0.05, 0) is 32.6 Å². The quantitative estimate of drug-likeness (QED) is 0.631. The first-order valence-electron chi connectivity index (χ1n) is 5.97. The van der Waals surface area contributed by atoms with E-state index < -0.39 is 12.0 Å². The molecule has 0 saturated heterocycles. The number of carbonyl (C=O) groups excluding carboxylic acids is 1. The molecule has 0 aromatic rings. The fourth-order valence-electron chi connectivity index (χ4n) is 1.72. The number of amides is 2. The van der Waals surface area contributed by atoms with Crippen molar-refractivity contribution in [3.05, 3.63) is 0 Å². The summed E-state index contributed by atoms with van der Waals surface area (Å²) in [5.41, 5.74) is 0. The van der Waals surface area contributed by atoms with E-state index in [1.54, 1.807) is 4.90 Å². The van der Waals surface area contributed by atoms with E-state index in [4.69, 9.17) is 10.2 Å². The van der Waals surface area contributed by atoms with E-state index in [0.717, 1.165) is 19.3 Å². The third kappa shape index (κ3) is 3.89. The number of aliphatic hydroxyl groups is 1. The van der Waals surface area contributed by atoms with Crippen molar-refractivity contribution in [3.8, 4) is 0 Å². The van der Waals surface area contributed by atoms with Gasteiger partial charge in [-0.1, -0.05) is 0 Å². The molecular formula is C11H20N2O4. The summed E-state index contributed by atoms with van der Waals surface area (Å²) in [4.78, 5) is 24.2. The van der Waals surface area contributed by atoms with Crippen molar-refractivity contribution in [1.82, 2.24) is 10.2 Å². The number of aliphatic carboxylic acids is 1. The van der Waals surface area contributed by atoms with Gasteiger partial charge >= 0.3 is 12.0 Å². The van der Waals surface area contributed by atoms with E-state index >= 15 is 0 Å². The molecule has 0 heterocycles. The normalized spacial score (nSPS) is 17.1. The minimum absolute atomic E-state index is 0.0327. The van der Waals surface area contributed by atoms with Crippen LogP contribution < -0.4 is 5.32 Å². The Morgan fingerprint density at radius 2 is 2.12 bits per heavy atom. The Bertz CT molecular complexity index is 279. The van der Waals surface area contributed by atoms with Crippen LogP contribution in [0.4, 0.5) is 4.79 Å². The molecule has 1 aliphatic rings. The fourth-order valence-corrected chi connectivity index (χ4v) is 1.72. The lowest BCUT2D eigenvalue weighted by Crippen LogP contribution is -2.52. The molecule has 6 nitrogen and oxygen atoms in total. The van der Waals surface area contributed by atoms with Gasteiger partial charge in [0, 0.05) is 19.2 Å². The Labute approximate surface area is 101 Å². The number of carboxylic acid groups (broad SMARTS) is 1. The average molecular weight is 244 g/mol. The third-order valence-corrected chi connectivity index (χ3v) is 3.04. The lowest BCUT2D eigenvalue weighted by atomic mass is 9.91. The number of rotatable bonds is 6. The standard InChI is InChI=1S/C11H20N2O4/c1-8(10(15)16)12-11(17)13(6-3-7-14)9-4-2-5-9/h8-9,14H,2-7H2,1H3,(H,12,17)(H,15,16). The van der Waals surface area contributed by atoms with Gasteiger partial charge < -0.3 is 20.4 Å². The third-order valence-electron chi connectivity index (χ3n) is 3.04. The van der Waals surface area contributed by atoms with Crippen molar-refractivity contribution in [2.75, 3.05) is 13.2 Å². The molecule has 0 aromatic heterocycles. The van der Waals surface area contributed by atoms with Gasteiger partial charge in [-0.3, -0.25) is 4.79 Å². The van der Waals surface area contributed by atoms with Gasteiger partial charge in [0.1, 0.15) is 6.04 Å². The molecule has 1 unspecified atom stereocenters. The van der Waals surface area contributed by atoms with Crippen LogP contribution in [-0.4, -0.2) is 52.3 Å². The zero-order valence-corrected chi connectivity index (χ0v) is 10.1. The fraction of sp³-hybridized carbons (Fsp3) is 0.818. The predicted molar refractivity (Wildman–Crippen MR) is 61.7 cm³/mol. The summed E-state index contributed by atoms with van der Waals surface area (Å²) in [6.45, 7) is 1.94. The molecule has 3 N–H and O–H groups in total. The molecule has 1 saturated carbocycles. The zero-order chi connectivity index (χ0) is 12.8. The number of carbonyl (C=O) groups is 2. The van der Waals surface area contributed by atoms with Crippen molar-refractivity contribution in [2.24, 2.45) is 0 Å². The Balaban J connectivity index is 2.49. The van der Waals surface area contributed by atoms with Crippen LogP contribution in [0, 0.1) is 0 Å². The lowest BCUT2D eigenvalue weighted by molar-refractivity contribution is -0.138. The van der Waals surface area contributed by atoms with E-state index in [9.17, 15) is 9.59 Å². The first-order chi connectivity index (χ1) is 8.06. The largest absolute Gasteiger partial charge is 0.480 e. The summed E-state index contributed by atoms with van der Waals surface area (Å²) in [6.07, 6.45) is 3.54. The first kappa shape index (κ1) is 13.8. The van der Waals surface area contributed by atoms with Crippen LogP contribution in [-0.2, 0) is 4.79 Å². The highest BCUT2D eigenvalue weighted by atomic mass is 16.4. The van der Waals surface area contributed by atoms with E-state index in [0.29, 0.717) is 13.0 Å². The molecule has 0 aromatic carbocycles. The summed E-state index contributed by atoms with van der Waals surface area (Å²) in [7, 11) is 0.